The molecule has 1 heterocycles. The summed E-state index contributed by atoms with van der Waals surface area (Å²) in [6.45, 7) is -1.18. The van der Waals surface area contributed by atoms with Gasteiger partial charge in [0.1, 0.15) is 11.5 Å². The number of hydrogen-bond acceptors (Lipinski definition) is 4. The van der Waals surface area contributed by atoms with Gasteiger partial charge in [-0.15, -0.1) is 0 Å². The van der Waals surface area contributed by atoms with Crippen LogP contribution < -0.4 is 15.4 Å². The van der Waals surface area contributed by atoms with Crippen molar-refractivity contribution in [1.29, 1.82) is 0 Å². The molecular weight excluding hydrogens is 380 g/mol. The first-order chi connectivity index (χ1) is 13.1. The lowest BCUT2D eigenvalue weighted by molar-refractivity contribution is -0.0504. The Morgan fingerprint density at radius 2 is 2.07 bits per heavy atom. The zero-order valence-electron chi connectivity index (χ0n) is 14.9. The minimum absolute atomic E-state index is 0.0463. The van der Waals surface area contributed by atoms with Gasteiger partial charge >= 0.3 is 6.61 Å². The van der Waals surface area contributed by atoms with Gasteiger partial charge in [0.05, 0.1) is 19.4 Å². The average molecular weight is 402 g/mol. The minimum Gasteiger partial charge on any atom is -0.469 e. The van der Waals surface area contributed by atoms with E-state index in [1.807, 2.05) is 12.1 Å². The summed E-state index contributed by atoms with van der Waals surface area (Å²) in [5.74, 6) is 1.41. The molecule has 9 heteroatoms. The van der Waals surface area contributed by atoms with Gasteiger partial charge in [0.15, 0.2) is 5.96 Å². The largest absolute Gasteiger partial charge is 0.469 e. The highest BCUT2D eigenvalue weighted by Crippen LogP contribution is 2.25. The third-order valence-corrected chi connectivity index (χ3v) is 3.72. The molecule has 2 rings (SSSR count). The maximum atomic E-state index is 12.6. The van der Waals surface area contributed by atoms with Crippen LogP contribution in [0.2, 0.25) is 5.02 Å². The number of hydrogen-bond donors (Lipinski definition) is 2. The summed E-state index contributed by atoms with van der Waals surface area (Å²) in [5.41, 5.74) is 0.460. The molecule has 1 aromatic heterocycles. The van der Waals surface area contributed by atoms with E-state index < -0.39 is 6.61 Å². The van der Waals surface area contributed by atoms with E-state index in [1.54, 1.807) is 19.4 Å². The van der Waals surface area contributed by atoms with Crippen LogP contribution in [0.15, 0.2) is 46.0 Å². The summed E-state index contributed by atoms with van der Waals surface area (Å²) < 4.78 is 40.0. The molecule has 0 atom stereocenters. The quantitative estimate of drug-likeness (QED) is 0.362. The molecule has 27 heavy (non-hydrogen) atoms. The Hall–Kier alpha value is -2.32. The van der Waals surface area contributed by atoms with Crippen molar-refractivity contribution in [3.63, 3.8) is 0 Å². The van der Waals surface area contributed by atoms with Crippen molar-refractivity contribution >= 4 is 17.6 Å². The van der Waals surface area contributed by atoms with Crippen LogP contribution in [-0.4, -0.2) is 39.4 Å². The topological polar surface area (TPSA) is 68.0 Å². The maximum Gasteiger partial charge on any atom is 0.387 e. The van der Waals surface area contributed by atoms with Gasteiger partial charge in [-0.2, -0.15) is 8.78 Å². The second-order valence-electron chi connectivity index (χ2n) is 5.47. The number of alkyl halides is 2. The highest BCUT2D eigenvalue weighted by molar-refractivity contribution is 6.30. The Bertz CT molecular complexity index is 712. The molecule has 0 aliphatic heterocycles. The maximum absolute atomic E-state index is 12.6. The predicted molar refractivity (Wildman–Crippen MR) is 99.5 cm³/mol. The molecule has 2 N–H and O–H groups in total. The molecule has 1 aromatic carbocycles. The highest BCUT2D eigenvalue weighted by atomic mass is 35.5. The van der Waals surface area contributed by atoms with E-state index in [0.29, 0.717) is 42.7 Å². The first-order valence-electron chi connectivity index (χ1n) is 8.35. The molecule has 0 aliphatic rings. The van der Waals surface area contributed by atoms with Crippen molar-refractivity contribution in [2.75, 3.05) is 26.8 Å². The van der Waals surface area contributed by atoms with Gasteiger partial charge < -0.3 is 24.5 Å². The lowest BCUT2D eigenvalue weighted by atomic mass is 10.2. The monoisotopic (exact) mass is 401 g/mol. The van der Waals surface area contributed by atoms with E-state index in [0.717, 1.165) is 5.76 Å². The molecule has 6 nitrogen and oxygen atoms in total. The molecular formula is C18H22ClF2N3O3. The van der Waals surface area contributed by atoms with E-state index in [4.69, 9.17) is 20.8 Å². The fraction of sp³-hybridized carbons (Fsp3) is 0.389. The summed E-state index contributed by atoms with van der Waals surface area (Å²) >= 11 is 5.96. The van der Waals surface area contributed by atoms with Gasteiger partial charge in [0.25, 0.3) is 0 Å². The molecule has 0 spiro atoms. The van der Waals surface area contributed by atoms with Crippen molar-refractivity contribution in [1.82, 2.24) is 10.6 Å². The number of furan rings is 1. The van der Waals surface area contributed by atoms with Crippen LogP contribution in [0, 0.1) is 0 Å². The number of methoxy groups -OCH3 is 1. The van der Waals surface area contributed by atoms with Crippen LogP contribution in [0.1, 0.15) is 11.3 Å². The first-order valence-corrected chi connectivity index (χ1v) is 8.73. The molecule has 0 fully saturated rings. The highest BCUT2D eigenvalue weighted by Gasteiger charge is 2.10. The van der Waals surface area contributed by atoms with Gasteiger partial charge in [0, 0.05) is 37.2 Å². The Balaban J connectivity index is 2.02. The van der Waals surface area contributed by atoms with Crippen molar-refractivity contribution < 1.29 is 22.7 Å². The summed E-state index contributed by atoms with van der Waals surface area (Å²) in [7, 11) is 1.60. The Labute approximate surface area is 161 Å². The number of benzene rings is 1. The van der Waals surface area contributed by atoms with Gasteiger partial charge in [-0.25, -0.2) is 4.99 Å². The smallest absolute Gasteiger partial charge is 0.387 e. The van der Waals surface area contributed by atoms with E-state index in [1.165, 1.54) is 12.1 Å². The van der Waals surface area contributed by atoms with Crippen LogP contribution in [0.3, 0.4) is 0 Å². The Morgan fingerprint density at radius 3 is 2.78 bits per heavy atom. The number of halogens is 3. The molecule has 0 bridgehead atoms. The molecule has 0 aliphatic carbocycles. The third-order valence-electron chi connectivity index (χ3n) is 3.49. The zero-order chi connectivity index (χ0) is 19.5. The lowest BCUT2D eigenvalue weighted by Crippen LogP contribution is -2.40. The van der Waals surface area contributed by atoms with Gasteiger partial charge in [-0.3, -0.25) is 0 Å². The van der Waals surface area contributed by atoms with Crippen LogP contribution >= 0.6 is 11.6 Å². The summed E-state index contributed by atoms with van der Waals surface area (Å²) in [6, 6.07) is 8.16. The third kappa shape index (κ3) is 7.84. The molecule has 0 amide bonds. The lowest BCUT2D eigenvalue weighted by Gasteiger charge is -2.13. The Morgan fingerprint density at radius 1 is 1.26 bits per heavy atom. The van der Waals surface area contributed by atoms with Gasteiger partial charge in [0.2, 0.25) is 0 Å². The molecule has 148 valence electrons. The second kappa shape index (κ2) is 11.4. The molecule has 0 radical (unpaired) electrons. The van der Waals surface area contributed by atoms with E-state index in [9.17, 15) is 8.78 Å². The van der Waals surface area contributed by atoms with Crippen LogP contribution in [0.5, 0.6) is 5.75 Å². The predicted octanol–water partition coefficient (Wildman–Crippen LogP) is 3.46. The average Bonchev–Trinajstić information content (AvgIpc) is 3.14. The van der Waals surface area contributed by atoms with E-state index >= 15 is 0 Å². The summed E-state index contributed by atoms with van der Waals surface area (Å²) in [4.78, 5) is 4.42. The van der Waals surface area contributed by atoms with Crippen molar-refractivity contribution in [2.24, 2.45) is 4.99 Å². The van der Waals surface area contributed by atoms with Gasteiger partial charge in [-0.1, -0.05) is 11.6 Å². The van der Waals surface area contributed by atoms with Gasteiger partial charge in [-0.05, 0) is 30.3 Å². The first kappa shape index (κ1) is 21.0. The van der Waals surface area contributed by atoms with Crippen molar-refractivity contribution in [3.05, 3.63) is 52.9 Å². The number of nitrogens with zero attached hydrogens (tertiary/aromatic N) is 1. The number of aliphatic imine (C=N–C) groups is 1. The SMILES string of the molecule is COCCNC(=NCc1cc(Cl)ccc1OC(F)F)NCCc1ccco1. The van der Waals surface area contributed by atoms with Crippen molar-refractivity contribution in [2.45, 2.75) is 19.6 Å². The summed E-state index contributed by atoms with van der Waals surface area (Å²) in [5, 5.41) is 6.69. The minimum atomic E-state index is -2.92. The zero-order valence-corrected chi connectivity index (χ0v) is 15.6. The van der Waals surface area contributed by atoms with E-state index in [-0.39, 0.29) is 12.3 Å². The Kier molecular flexibility index (Phi) is 8.86. The molecule has 0 unspecified atom stereocenters. The number of guanidine groups is 1. The molecule has 2 aromatic rings. The standard InChI is InChI=1S/C18H22ClF2N3O3/c1-25-10-8-23-18(22-7-6-15-3-2-9-26-15)24-12-13-11-14(19)4-5-16(13)27-17(20)21/h2-5,9,11,17H,6-8,10,12H2,1H3,(H2,22,23,24). The molecule has 0 saturated carbocycles. The van der Waals surface area contributed by atoms with Crippen LogP contribution in [-0.2, 0) is 17.7 Å². The fourth-order valence-corrected chi connectivity index (χ4v) is 2.45. The number of ether oxygens (including phenoxy) is 2. The normalized spacial score (nSPS) is 11.7. The number of rotatable bonds is 10. The van der Waals surface area contributed by atoms with Crippen LogP contribution in [0.4, 0.5) is 8.78 Å². The summed E-state index contributed by atoms with van der Waals surface area (Å²) in [6.07, 6.45) is 2.29. The van der Waals surface area contributed by atoms with Crippen LogP contribution in [0.25, 0.3) is 0 Å². The van der Waals surface area contributed by atoms with E-state index in [2.05, 4.69) is 20.4 Å². The second-order valence-corrected chi connectivity index (χ2v) is 5.91. The van der Waals surface area contributed by atoms with Crippen molar-refractivity contribution in [3.8, 4) is 5.75 Å². The molecule has 0 saturated heterocycles. The fourth-order valence-electron chi connectivity index (χ4n) is 2.25. The number of nitrogens with one attached hydrogen (secondary N) is 2.